The maximum atomic E-state index is 13.2. The van der Waals surface area contributed by atoms with Crippen molar-refractivity contribution in [3.05, 3.63) is 59.7 Å². The van der Waals surface area contributed by atoms with E-state index in [0.29, 0.717) is 0 Å². The van der Waals surface area contributed by atoms with Gasteiger partial charge in [0.1, 0.15) is 0 Å². The quantitative estimate of drug-likeness (QED) is 0.481. The van der Waals surface area contributed by atoms with E-state index in [1.54, 1.807) is 0 Å². The van der Waals surface area contributed by atoms with E-state index in [1.165, 1.54) is 0 Å². The van der Waals surface area contributed by atoms with Crippen LogP contribution in [0.3, 0.4) is 0 Å². The second-order valence-corrected chi connectivity index (χ2v) is 4.18. The van der Waals surface area contributed by atoms with Gasteiger partial charge in [0.25, 0.3) is 0 Å². The number of rotatable bonds is 5. The molecule has 0 aliphatic carbocycles. The summed E-state index contributed by atoms with van der Waals surface area (Å²) in [6.07, 6.45) is 0. The highest BCUT2D eigenvalue weighted by Crippen LogP contribution is 2.08. The third kappa shape index (κ3) is 3.54. The first-order valence-corrected chi connectivity index (χ1v) is 5.96. The first-order valence-electron chi connectivity index (χ1n) is 5.96. The normalized spacial score (nSPS) is 10.4. The van der Waals surface area contributed by atoms with Crippen molar-refractivity contribution in [2.45, 2.75) is 6.54 Å². The SMILES string of the molecule is OB(O)c1cc(F)c(F)cc1CNNc1ccccc1. The zero-order valence-electron chi connectivity index (χ0n) is 10.5. The van der Waals surface area contributed by atoms with Crippen LogP contribution in [0, 0.1) is 11.6 Å². The van der Waals surface area contributed by atoms with Crippen LogP contribution in [-0.2, 0) is 6.54 Å². The first kappa shape index (κ1) is 14.5. The van der Waals surface area contributed by atoms with Crippen LogP contribution in [0.5, 0.6) is 0 Å². The Morgan fingerprint density at radius 1 is 1.00 bits per heavy atom. The Morgan fingerprint density at radius 2 is 1.65 bits per heavy atom. The van der Waals surface area contributed by atoms with Crippen molar-refractivity contribution in [1.29, 1.82) is 0 Å². The number of anilines is 1. The molecule has 0 aliphatic rings. The third-order valence-corrected chi connectivity index (χ3v) is 2.75. The lowest BCUT2D eigenvalue weighted by Gasteiger charge is -2.12. The fraction of sp³-hybridized carbons (Fsp3) is 0.0769. The summed E-state index contributed by atoms with van der Waals surface area (Å²) >= 11 is 0. The third-order valence-electron chi connectivity index (χ3n) is 2.75. The number of para-hydroxylation sites is 1. The van der Waals surface area contributed by atoms with Crippen molar-refractivity contribution >= 4 is 18.3 Å². The highest BCUT2D eigenvalue weighted by atomic mass is 19.2. The predicted molar refractivity (Wildman–Crippen MR) is 73.1 cm³/mol. The van der Waals surface area contributed by atoms with Gasteiger partial charge in [-0.1, -0.05) is 18.2 Å². The molecular formula is C13H13BF2N2O2. The molecule has 7 heteroatoms. The van der Waals surface area contributed by atoms with Crippen molar-refractivity contribution in [2.24, 2.45) is 0 Å². The van der Waals surface area contributed by atoms with Crippen LogP contribution in [0.15, 0.2) is 42.5 Å². The van der Waals surface area contributed by atoms with Crippen LogP contribution in [0.2, 0.25) is 0 Å². The summed E-state index contributed by atoms with van der Waals surface area (Å²) in [5, 5.41) is 18.3. The molecule has 2 aromatic carbocycles. The summed E-state index contributed by atoms with van der Waals surface area (Å²) in [5.74, 6) is -2.15. The Labute approximate surface area is 115 Å². The van der Waals surface area contributed by atoms with Gasteiger partial charge in [-0.3, -0.25) is 0 Å². The fourth-order valence-corrected chi connectivity index (χ4v) is 1.76. The first-order chi connectivity index (χ1) is 9.58. The molecule has 2 aromatic rings. The van der Waals surface area contributed by atoms with Crippen LogP contribution >= 0.6 is 0 Å². The van der Waals surface area contributed by atoms with Gasteiger partial charge in [-0.05, 0) is 35.3 Å². The van der Waals surface area contributed by atoms with Gasteiger partial charge in [0, 0.05) is 12.2 Å². The summed E-state index contributed by atoms with van der Waals surface area (Å²) in [6, 6.07) is 10.9. The van der Waals surface area contributed by atoms with Gasteiger partial charge in [-0.15, -0.1) is 0 Å². The monoisotopic (exact) mass is 278 g/mol. The molecule has 0 aromatic heterocycles. The van der Waals surface area contributed by atoms with E-state index in [-0.39, 0.29) is 17.6 Å². The molecule has 0 spiro atoms. The molecule has 4 N–H and O–H groups in total. The molecule has 20 heavy (non-hydrogen) atoms. The summed E-state index contributed by atoms with van der Waals surface area (Å²) in [4.78, 5) is 0. The van der Waals surface area contributed by atoms with E-state index < -0.39 is 18.8 Å². The molecule has 4 nitrogen and oxygen atoms in total. The van der Waals surface area contributed by atoms with Crippen LogP contribution < -0.4 is 16.3 Å². The Morgan fingerprint density at radius 3 is 2.30 bits per heavy atom. The van der Waals surface area contributed by atoms with E-state index in [9.17, 15) is 8.78 Å². The van der Waals surface area contributed by atoms with Crippen molar-refractivity contribution < 1.29 is 18.8 Å². The summed E-state index contributed by atoms with van der Waals surface area (Å²) < 4.78 is 26.3. The van der Waals surface area contributed by atoms with E-state index in [2.05, 4.69) is 10.9 Å². The van der Waals surface area contributed by atoms with Gasteiger partial charge in [-0.25, -0.2) is 14.2 Å². The fourth-order valence-electron chi connectivity index (χ4n) is 1.76. The molecule has 2 rings (SSSR count). The number of hydrogen-bond donors (Lipinski definition) is 4. The van der Waals surface area contributed by atoms with Gasteiger partial charge in [-0.2, -0.15) is 0 Å². The molecule has 0 heterocycles. The van der Waals surface area contributed by atoms with Crippen molar-refractivity contribution in [3.8, 4) is 0 Å². The van der Waals surface area contributed by atoms with Gasteiger partial charge >= 0.3 is 7.12 Å². The molecule has 0 fully saturated rings. The van der Waals surface area contributed by atoms with Crippen molar-refractivity contribution in [1.82, 2.24) is 5.43 Å². The van der Waals surface area contributed by atoms with E-state index in [0.717, 1.165) is 17.8 Å². The highest BCUT2D eigenvalue weighted by Gasteiger charge is 2.19. The van der Waals surface area contributed by atoms with Gasteiger partial charge in [0.05, 0.1) is 0 Å². The maximum absolute atomic E-state index is 13.2. The minimum absolute atomic E-state index is 0.0775. The van der Waals surface area contributed by atoms with Crippen molar-refractivity contribution in [2.75, 3.05) is 5.43 Å². The van der Waals surface area contributed by atoms with E-state index >= 15 is 0 Å². The van der Waals surface area contributed by atoms with E-state index in [1.807, 2.05) is 30.3 Å². The largest absolute Gasteiger partial charge is 0.488 e. The molecule has 0 atom stereocenters. The number of halogens is 2. The average Bonchev–Trinajstić information content (AvgIpc) is 2.43. The Bertz CT molecular complexity index is 582. The van der Waals surface area contributed by atoms with Crippen LogP contribution in [0.4, 0.5) is 14.5 Å². The zero-order valence-corrected chi connectivity index (χ0v) is 10.5. The summed E-state index contributed by atoms with van der Waals surface area (Å²) in [7, 11) is -1.86. The molecule has 104 valence electrons. The maximum Gasteiger partial charge on any atom is 0.488 e. The Kier molecular flexibility index (Phi) is 4.68. The topological polar surface area (TPSA) is 64.5 Å². The lowest BCUT2D eigenvalue weighted by molar-refractivity contribution is 0.424. The van der Waals surface area contributed by atoms with Gasteiger partial charge < -0.3 is 15.5 Å². The molecule has 0 radical (unpaired) electrons. The molecule has 0 aliphatic heterocycles. The summed E-state index contributed by atoms with van der Waals surface area (Å²) in [5.41, 5.74) is 6.63. The minimum atomic E-state index is -1.86. The van der Waals surface area contributed by atoms with Gasteiger partial charge in [0.2, 0.25) is 0 Å². The predicted octanol–water partition coefficient (Wildman–Crippen LogP) is 0.761. The zero-order chi connectivity index (χ0) is 14.5. The average molecular weight is 278 g/mol. The van der Waals surface area contributed by atoms with E-state index in [4.69, 9.17) is 10.0 Å². The minimum Gasteiger partial charge on any atom is -0.423 e. The molecular weight excluding hydrogens is 265 g/mol. The number of hydrazine groups is 1. The van der Waals surface area contributed by atoms with Crippen LogP contribution in [0.1, 0.15) is 5.56 Å². The second kappa shape index (κ2) is 6.47. The van der Waals surface area contributed by atoms with Crippen LogP contribution in [-0.4, -0.2) is 17.2 Å². The number of hydrogen-bond acceptors (Lipinski definition) is 4. The van der Waals surface area contributed by atoms with Crippen LogP contribution in [0.25, 0.3) is 0 Å². The lowest BCUT2D eigenvalue weighted by atomic mass is 9.77. The molecule has 0 unspecified atom stereocenters. The Hall–Kier alpha value is -1.96. The number of benzene rings is 2. The summed E-state index contributed by atoms with van der Waals surface area (Å²) in [6.45, 7) is 0.0963. The smallest absolute Gasteiger partial charge is 0.423 e. The number of nitrogens with one attached hydrogen (secondary N) is 2. The second-order valence-electron chi connectivity index (χ2n) is 4.18. The molecule has 0 amide bonds. The van der Waals surface area contributed by atoms with Crippen molar-refractivity contribution in [3.63, 3.8) is 0 Å². The molecule has 0 saturated carbocycles. The lowest BCUT2D eigenvalue weighted by Crippen LogP contribution is -2.36. The van der Waals surface area contributed by atoms with Gasteiger partial charge in [0.15, 0.2) is 11.6 Å². The Balaban J connectivity index is 2.07. The standard InChI is InChI=1S/C13H13BF2N2O2/c15-12-6-9(11(14(19)20)7-13(12)16)8-17-18-10-4-2-1-3-5-10/h1-7,17-20H,8H2. The highest BCUT2D eigenvalue weighted by molar-refractivity contribution is 6.59. The molecule has 0 bridgehead atoms. The molecule has 0 saturated heterocycles.